The number of thioether (sulfide) groups is 1. The zero-order chi connectivity index (χ0) is 73.7. The molecule has 1 N–H and O–H groups in total. The molecular weight excluding hydrogens is 1340 g/mol. The van der Waals surface area contributed by atoms with Crippen molar-refractivity contribution in [2.75, 3.05) is 65.7 Å². The number of hydrogen-bond donors (Lipinski definition) is 1. The summed E-state index contributed by atoms with van der Waals surface area (Å²) >= 11 is 1.43. The van der Waals surface area contributed by atoms with Crippen LogP contribution in [0.25, 0.3) is 91.9 Å². The molecular formula is C72H82N18O12S. The minimum absolute atomic E-state index is 0.00804. The molecule has 0 aliphatic rings. The zero-order valence-corrected chi connectivity index (χ0v) is 60.5. The fraction of sp³-hybridized carbons (Fsp3) is 0.333. The largest absolute Gasteiger partial charge is 0.480 e. The summed E-state index contributed by atoms with van der Waals surface area (Å²) in [4.78, 5) is 69.0. The standard InChI is InChI=1S/C21H27N5O3.C19H23N5O3.C17H18N4O3S.C15H14N4O3/c1-5-25(6-2)10-11-28-19(27)14-26-18(13-16(4)23-26)21-22-20(24-29-21)17-9-7-8-15(3)12-17;1-13-6-5-7-15(10-13)18-20-19(27-22-18)16-11-14(2)21-24(16)12-17(25)26-9-8-23(3)4;1-11-5-4-6-13(7-11)16-18-17(24-20-16)14-8-12(2)19-21(14)9-15(22)23-10-25-3;1-9-4-3-5-11(6-9)14-16-15(22-18-14)12-7-10(2)17-19(12)8-13(20)21/h7-9,12-13H,5-6,10-11,14H2,1-4H3;5-7,10-11H,8-9,12H2,1-4H3;4-8H,9-10H2,1-3H3;3-7H,8H2,1-2H3,(H,20,21). The van der Waals surface area contributed by atoms with Crippen molar-refractivity contribution in [1.29, 1.82) is 0 Å². The van der Waals surface area contributed by atoms with Crippen LogP contribution in [0, 0.1) is 55.4 Å². The summed E-state index contributed by atoms with van der Waals surface area (Å²) in [5.41, 5.74) is 13.1. The Labute approximate surface area is 598 Å². The average Bonchev–Trinajstić information content (AvgIpc) is 1.69. The van der Waals surface area contributed by atoms with Gasteiger partial charge < -0.3 is 47.2 Å². The summed E-state index contributed by atoms with van der Waals surface area (Å²) in [6.45, 7) is 23.1. The summed E-state index contributed by atoms with van der Waals surface area (Å²) in [5, 5.41) is 42.2. The van der Waals surface area contributed by atoms with Crippen LogP contribution < -0.4 is 0 Å². The Hall–Kier alpha value is -11.6. The van der Waals surface area contributed by atoms with E-state index in [0.29, 0.717) is 102 Å². The van der Waals surface area contributed by atoms with E-state index in [1.54, 1.807) is 29.8 Å². The Bertz CT molecular complexity index is 4800. The highest BCUT2D eigenvalue weighted by atomic mass is 32.2. The van der Waals surface area contributed by atoms with E-state index in [1.807, 2.05) is 177 Å². The zero-order valence-electron chi connectivity index (χ0n) is 59.7. The van der Waals surface area contributed by atoms with E-state index in [-0.39, 0.29) is 50.0 Å². The first-order valence-corrected chi connectivity index (χ1v) is 34.3. The number of aromatic nitrogens is 16. The van der Waals surface area contributed by atoms with Crippen LogP contribution in [0.4, 0.5) is 0 Å². The quantitative estimate of drug-likeness (QED) is 0.0299. The molecule has 0 saturated carbocycles. The Morgan fingerprint density at radius 1 is 0.427 bits per heavy atom. The lowest BCUT2D eigenvalue weighted by molar-refractivity contribution is -0.145. The number of carboxylic acids is 1. The average molecular weight is 1420 g/mol. The van der Waals surface area contributed by atoms with Crippen LogP contribution in [-0.4, -0.2) is 184 Å². The van der Waals surface area contributed by atoms with Crippen molar-refractivity contribution in [2.45, 2.75) is 95.4 Å². The monoisotopic (exact) mass is 1420 g/mol. The number of ether oxygens (including phenoxy) is 3. The molecule has 12 aromatic rings. The van der Waals surface area contributed by atoms with Crippen molar-refractivity contribution in [3.05, 3.63) is 166 Å². The molecule has 0 atom stereocenters. The first kappa shape index (κ1) is 75.6. The van der Waals surface area contributed by atoms with Crippen LogP contribution in [0.3, 0.4) is 0 Å². The van der Waals surface area contributed by atoms with Crippen LogP contribution >= 0.6 is 11.8 Å². The highest BCUT2D eigenvalue weighted by Crippen LogP contribution is 2.29. The third-order valence-electron chi connectivity index (χ3n) is 15.1. The molecule has 30 nitrogen and oxygen atoms in total. The molecule has 0 fully saturated rings. The first-order chi connectivity index (χ1) is 49.5. The van der Waals surface area contributed by atoms with E-state index in [4.69, 9.17) is 37.4 Å². The van der Waals surface area contributed by atoms with E-state index in [9.17, 15) is 19.2 Å². The third-order valence-corrected chi connectivity index (χ3v) is 15.5. The summed E-state index contributed by atoms with van der Waals surface area (Å²) in [5.74, 6) is 1.39. The van der Waals surface area contributed by atoms with Crippen LogP contribution in [0.2, 0.25) is 0 Å². The van der Waals surface area contributed by atoms with E-state index in [2.05, 4.69) is 79.7 Å². The fourth-order valence-corrected chi connectivity index (χ4v) is 10.4. The van der Waals surface area contributed by atoms with E-state index in [1.165, 1.54) is 25.8 Å². The summed E-state index contributed by atoms with van der Waals surface area (Å²) in [7, 11) is 3.84. The SMILES string of the molecule is CCN(CC)CCOC(=O)Cn1nc(C)cc1-c1nc(-c2cccc(C)c2)no1.CSCOC(=O)Cn1nc(C)cc1-c1nc(-c2cccc(C)c2)no1.Cc1cccc(-c2noc(-c3cc(C)nn3CC(=O)O)n2)c1.Cc1cccc(-c2noc(-c3cc(C)nn3CC(=O)OCCN(C)C)n2)c1. The highest BCUT2D eigenvalue weighted by molar-refractivity contribution is 7.98. The molecule has 12 rings (SSSR count). The lowest BCUT2D eigenvalue weighted by Crippen LogP contribution is -2.28. The number of hydrogen-bond acceptors (Lipinski definition) is 26. The second-order valence-corrected chi connectivity index (χ2v) is 24.9. The van der Waals surface area contributed by atoms with E-state index in [0.717, 1.165) is 74.7 Å². The second kappa shape index (κ2) is 36.2. The van der Waals surface area contributed by atoms with Crippen LogP contribution in [0.1, 0.15) is 58.9 Å². The summed E-state index contributed by atoms with van der Waals surface area (Å²) in [6, 6.07) is 38.5. The fourth-order valence-electron chi connectivity index (χ4n) is 10.2. The third kappa shape index (κ3) is 21.7. The summed E-state index contributed by atoms with van der Waals surface area (Å²) < 4.78 is 43.1. The minimum Gasteiger partial charge on any atom is -0.480 e. The smallest absolute Gasteiger partial charge is 0.328 e. The van der Waals surface area contributed by atoms with Gasteiger partial charge in [-0.25, -0.2) is 18.7 Å². The van der Waals surface area contributed by atoms with Crippen molar-refractivity contribution in [2.24, 2.45) is 0 Å². The molecule has 0 radical (unpaired) electrons. The van der Waals surface area contributed by atoms with Crippen molar-refractivity contribution in [3.8, 4) is 91.9 Å². The molecule has 538 valence electrons. The number of carboxylic acid groups (broad SMARTS) is 1. The Kier molecular flexibility index (Phi) is 26.5. The van der Waals surface area contributed by atoms with Gasteiger partial charge in [-0.3, -0.25) is 19.2 Å². The number of aliphatic carboxylic acids is 1. The Morgan fingerprint density at radius 3 is 0.990 bits per heavy atom. The molecule has 0 saturated heterocycles. The van der Waals surface area contributed by atoms with Crippen molar-refractivity contribution >= 4 is 35.6 Å². The van der Waals surface area contributed by atoms with Crippen LogP contribution in [-0.2, 0) is 59.6 Å². The number of likely N-dealkylation sites (N-methyl/N-ethyl adjacent to an activating group) is 2. The van der Waals surface area contributed by atoms with Gasteiger partial charge in [0.2, 0.25) is 23.3 Å². The van der Waals surface area contributed by atoms with E-state index >= 15 is 0 Å². The van der Waals surface area contributed by atoms with Gasteiger partial charge in [0.05, 0.1) is 22.8 Å². The number of nitrogens with zero attached hydrogens (tertiary/aromatic N) is 18. The topological polar surface area (TPSA) is 350 Å². The predicted molar refractivity (Wildman–Crippen MR) is 382 cm³/mol. The summed E-state index contributed by atoms with van der Waals surface area (Å²) in [6.07, 6.45) is 1.86. The van der Waals surface area contributed by atoms with Crippen molar-refractivity contribution in [3.63, 3.8) is 0 Å². The van der Waals surface area contributed by atoms with Gasteiger partial charge in [0, 0.05) is 35.3 Å². The van der Waals surface area contributed by atoms with Gasteiger partial charge in [-0.15, -0.1) is 11.8 Å². The van der Waals surface area contributed by atoms with Crippen LogP contribution in [0.5, 0.6) is 0 Å². The molecule has 0 bridgehead atoms. The number of rotatable bonds is 26. The molecule has 0 spiro atoms. The maximum absolute atomic E-state index is 12.3. The maximum atomic E-state index is 12.3. The van der Waals surface area contributed by atoms with Gasteiger partial charge in [-0.05, 0) is 137 Å². The van der Waals surface area contributed by atoms with Gasteiger partial charge in [-0.1, -0.05) is 130 Å². The van der Waals surface area contributed by atoms with Gasteiger partial charge in [0.1, 0.15) is 68.1 Å². The second-order valence-electron chi connectivity index (χ2n) is 24.1. The number of carbonyl (C=O) groups is 4. The molecule has 0 aliphatic heterocycles. The molecule has 8 aromatic heterocycles. The normalized spacial score (nSPS) is 11.0. The number of benzene rings is 4. The van der Waals surface area contributed by atoms with E-state index < -0.39 is 5.97 Å². The van der Waals surface area contributed by atoms with Gasteiger partial charge in [0.25, 0.3) is 23.6 Å². The molecule has 0 amide bonds. The lowest BCUT2D eigenvalue weighted by Gasteiger charge is -2.17. The molecule has 8 heterocycles. The molecule has 103 heavy (non-hydrogen) atoms. The highest BCUT2D eigenvalue weighted by Gasteiger charge is 2.24. The van der Waals surface area contributed by atoms with Gasteiger partial charge in [-0.2, -0.15) is 40.3 Å². The minimum atomic E-state index is -0.984. The number of esters is 3. The van der Waals surface area contributed by atoms with Gasteiger partial charge >= 0.3 is 23.9 Å². The first-order valence-electron chi connectivity index (χ1n) is 32.9. The van der Waals surface area contributed by atoms with Gasteiger partial charge in [0.15, 0.2) is 0 Å². The maximum Gasteiger partial charge on any atom is 0.328 e. The Morgan fingerprint density at radius 2 is 0.718 bits per heavy atom. The predicted octanol–water partition coefficient (Wildman–Crippen LogP) is 10.8. The van der Waals surface area contributed by atoms with Crippen LogP contribution in [0.15, 0.2) is 139 Å². The molecule has 31 heteroatoms. The van der Waals surface area contributed by atoms with Crippen molar-refractivity contribution < 1.29 is 56.6 Å². The molecule has 0 unspecified atom stereocenters. The number of carbonyl (C=O) groups excluding carboxylic acids is 3. The molecule has 0 aliphatic carbocycles. The van der Waals surface area contributed by atoms with Crippen molar-refractivity contribution in [1.82, 2.24) is 89.5 Å². The molecule has 4 aromatic carbocycles. The number of aryl methyl sites for hydroxylation is 8. The lowest BCUT2D eigenvalue weighted by atomic mass is 10.1. The Balaban J connectivity index is 0.000000160.